The average molecular weight is 511 g/mol. The standard InChI is InChI=1S/C32H46O5/c1-27(2)11-13-32(26(36)37-8)14-12-31(7)24(20(32)17-27)21(34)15-23-29(5)16-19(18-33)25(35)28(3,4)22(29)9-10-30(23,31)6/h15,18,20,22,24,33H,9-14,16-17H2,1-8H3/b19-18+/t20-,22+,24+,29+,30-,31-,32+/m1/s1. The zero-order valence-corrected chi connectivity index (χ0v) is 24.1. The number of rotatable bonds is 1. The summed E-state index contributed by atoms with van der Waals surface area (Å²) >= 11 is 0. The van der Waals surface area contributed by atoms with Crippen LogP contribution in [0.2, 0.25) is 0 Å². The van der Waals surface area contributed by atoms with E-state index in [1.165, 1.54) is 12.7 Å². The summed E-state index contributed by atoms with van der Waals surface area (Å²) in [5.41, 5.74) is -0.375. The second kappa shape index (κ2) is 7.82. The molecule has 4 fully saturated rings. The van der Waals surface area contributed by atoms with Gasteiger partial charge in [0.1, 0.15) is 0 Å². The summed E-state index contributed by atoms with van der Waals surface area (Å²) in [6, 6.07) is 0. The van der Waals surface area contributed by atoms with Gasteiger partial charge in [0.25, 0.3) is 0 Å². The molecule has 204 valence electrons. The Morgan fingerprint density at radius 1 is 1.00 bits per heavy atom. The molecule has 0 amide bonds. The third kappa shape index (κ3) is 3.18. The molecular weight excluding hydrogens is 464 g/mol. The molecular formula is C32H46O5. The van der Waals surface area contributed by atoms with Crippen molar-refractivity contribution in [1.82, 2.24) is 0 Å². The van der Waals surface area contributed by atoms with E-state index in [1.807, 2.05) is 19.9 Å². The first kappa shape index (κ1) is 26.7. The number of allylic oxidation sites excluding steroid dienone is 3. The second-order valence-corrected chi connectivity index (χ2v) is 15.2. The number of carbonyl (C=O) groups excluding carboxylic acids is 3. The van der Waals surface area contributed by atoms with Gasteiger partial charge in [-0.1, -0.05) is 54.0 Å². The van der Waals surface area contributed by atoms with E-state index in [0.29, 0.717) is 12.0 Å². The fourth-order valence-electron chi connectivity index (χ4n) is 10.5. The summed E-state index contributed by atoms with van der Waals surface area (Å²) in [5.74, 6) is -0.111. The third-order valence-electron chi connectivity index (χ3n) is 12.7. The molecule has 0 heterocycles. The van der Waals surface area contributed by atoms with Gasteiger partial charge in [0.15, 0.2) is 11.6 Å². The minimum Gasteiger partial charge on any atom is -0.515 e. The highest BCUT2D eigenvalue weighted by Crippen LogP contribution is 2.75. The molecule has 0 saturated heterocycles. The predicted octanol–water partition coefficient (Wildman–Crippen LogP) is 6.76. The van der Waals surface area contributed by atoms with Crippen molar-refractivity contribution in [3.63, 3.8) is 0 Å². The van der Waals surface area contributed by atoms with Crippen LogP contribution in [0.25, 0.3) is 0 Å². The minimum absolute atomic E-state index is 0.0258. The average Bonchev–Trinajstić information content (AvgIpc) is 2.82. The quantitative estimate of drug-likeness (QED) is 0.239. The van der Waals surface area contributed by atoms with E-state index < -0.39 is 10.8 Å². The van der Waals surface area contributed by atoms with Crippen LogP contribution < -0.4 is 0 Å². The SMILES string of the molecule is COC(=O)[C@]12CCC(C)(C)C[C@@H]1[C@H]1C(=O)C=C3[C@@]4(C)C/C(=C\O)C(=O)C(C)(C)[C@@H]4CC[C@@]3(C)[C@]1(C)CC2. The van der Waals surface area contributed by atoms with Crippen molar-refractivity contribution in [3.8, 4) is 0 Å². The molecule has 0 aromatic carbocycles. The maximum absolute atomic E-state index is 14.4. The lowest BCUT2D eigenvalue weighted by molar-refractivity contribution is -0.192. The van der Waals surface area contributed by atoms with Crippen LogP contribution in [0.15, 0.2) is 23.5 Å². The van der Waals surface area contributed by atoms with Gasteiger partial charge in [-0.25, -0.2) is 0 Å². The summed E-state index contributed by atoms with van der Waals surface area (Å²) in [7, 11) is 1.49. The van der Waals surface area contributed by atoms with Crippen LogP contribution in [0.4, 0.5) is 0 Å². The van der Waals surface area contributed by atoms with Crippen LogP contribution in [0.1, 0.15) is 99.8 Å². The van der Waals surface area contributed by atoms with E-state index in [0.717, 1.165) is 51.2 Å². The smallest absolute Gasteiger partial charge is 0.312 e. The van der Waals surface area contributed by atoms with E-state index in [9.17, 15) is 19.5 Å². The Morgan fingerprint density at radius 3 is 2.27 bits per heavy atom. The Balaban J connectivity index is 1.68. The van der Waals surface area contributed by atoms with Crippen LogP contribution in [0.3, 0.4) is 0 Å². The van der Waals surface area contributed by atoms with Gasteiger partial charge in [-0.2, -0.15) is 0 Å². The Bertz CT molecular complexity index is 1130. The van der Waals surface area contributed by atoms with Gasteiger partial charge < -0.3 is 9.84 Å². The first-order valence-electron chi connectivity index (χ1n) is 14.3. The lowest BCUT2D eigenvalue weighted by atomic mass is 9.33. The van der Waals surface area contributed by atoms with Gasteiger partial charge in [-0.15, -0.1) is 0 Å². The first-order valence-corrected chi connectivity index (χ1v) is 14.3. The molecule has 5 rings (SSSR count). The van der Waals surface area contributed by atoms with Gasteiger partial charge in [-0.3, -0.25) is 14.4 Å². The van der Waals surface area contributed by atoms with Crippen LogP contribution >= 0.6 is 0 Å². The highest BCUT2D eigenvalue weighted by molar-refractivity contribution is 6.01. The number of carbonyl (C=O) groups is 3. The number of ketones is 2. The normalized spacial score (nSPS) is 47.2. The van der Waals surface area contributed by atoms with Crippen molar-refractivity contribution in [2.75, 3.05) is 7.11 Å². The van der Waals surface area contributed by atoms with Crippen LogP contribution in [-0.2, 0) is 19.1 Å². The largest absolute Gasteiger partial charge is 0.515 e. The van der Waals surface area contributed by atoms with Gasteiger partial charge in [-0.05, 0) is 90.9 Å². The monoisotopic (exact) mass is 510 g/mol. The summed E-state index contributed by atoms with van der Waals surface area (Å²) < 4.78 is 5.41. The molecule has 0 bridgehead atoms. The van der Waals surface area contributed by atoms with Crippen molar-refractivity contribution in [2.45, 2.75) is 99.8 Å². The molecule has 0 aromatic heterocycles. The van der Waals surface area contributed by atoms with Crippen LogP contribution in [0, 0.1) is 50.2 Å². The third-order valence-corrected chi connectivity index (χ3v) is 12.7. The molecule has 0 aliphatic heterocycles. The Kier molecular flexibility index (Phi) is 5.64. The first-order chi connectivity index (χ1) is 17.0. The maximum Gasteiger partial charge on any atom is 0.312 e. The number of aliphatic hydroxyl groups excluding tert-OH is 1. The second-order valence-electron chi connectivity index (χ2n) is 15.2. The van der Waals surface area contributed by atoms with E-state index in [1.54, 1.807) is 0 Å². The molecule has 0 aromatic rings. The van der Waals surface area contributed by atoms with Crippen molar-refractivity contribution < 1.29 is 24.2 Å². The number of hydrogen-bond acceptors (Lipinski definition) is 5. The zero-order chi connectivity index (χ0) is 27.4. The highest BCUT2D eigenvalue weighted by Gasteiger charge is 2.71. The van der Waals surface area contributed by atoms with E-state index in [-0.39, 0.29) is 56.9 Å². The predicted molar refractivity (Wildman–Crippen MR) is 143 cm³/mol. The topological polar surface area (TPSA) is 80.7 Å². The molecule has 5 heteroatoms. The van der Waals surface area contributed by atoms with Gasteiger partial charge in [0, 0.05) is 16.9 Å². The highest BCUT2D eigenvalue weighted by atomic mass is 16.5. The minimum atomic E-state index is -0.607. The zero-order valence-electron chi connectivity index (χ0n) is 24.1. The summed E-state index contributed by atoms with van der Waals surface area (Å²) in [6.07, 6.45) is 9.42. The number of ether oxygens (including phenoxy) is 1. The number of hydrogen-bond donors (Lipinski definition) is 1. The fraction of sp³-hybridized carbons (Fsp3) is 0.781. The number of aliphatic hydroxyl groups is 1. The van der Waals surface area contributed by atoms with Gasteiger partial charge in [0.2, 0.25) is 0 Å². The van der Waals surface area contributed by atoms with E-state index >= 15 is 0 Å². The number of fused-ring (bicyclic) bond motifs is 7. The Labute approximate surface area is 222 Å². The molecule has 37 heavy (non-hydrogen) atoms. The molecule has 5 aliphatic rings. The fourth-order valence-corrected chi connectivity index (χ4v) is 10.5. The molecule has 0 radical (unpaired) electrons. The van der Waals surface area contributed by atoms with Crippen molar-refractivity contribution in [2.24, 2.45) is 50.2 Å². The number of Topliss-reactive ketones (excluding diaryl/α,β-unsaturated/α-hetero) is 1. The maximum atomic E-state index is 14.4. The van der Waals surface area contributed by atoms with Gasteiger partial charge >= 0.3 is 5.97 Å². The molecule has 4 saturated carbocycles. The van der Waals surface area contributed by atoms with Gasteiger partial charge in [0.05, 0.1) is 18.8 Å². The number of esters is 1. The summed E-state index contributed by atoms with van der Waals surface area (Å²) in [4.78, 5) is 41.0. The van der Waals surface area contributed by atoms with E-state index in [4.69, 9.17) is 4.74 Å². The Hall–Kier alpha value is -1.91. The molecule has 1 N–H and O–H groups in total. The van der Waals surface area contributed by atoms with Crippen LogP contribution in [0.5, 0.6) is 0 Å². The summed E-state index contributed by atoms with van der Waals surface area (Å²) in [5, 5.41) is 10.0. The van der Waals surface area contributed by atoms with Crippen molar-refractivity contribution in [1.29, 1.82) is 0 Å². The summed E-state index contributed by atoms with van der Waals surface area (Å²) in [6.45, 7) is 15.4. The Morgan fingerprint density at radius 2 is 1.65 bits per heavy atom. The molecule has 7 atom stereocenters. The number of methoxy groups -OCH3 is 1. The van der Waals surface area contributed by atoms with Crippen molar-refractivity contribution in [3.05, 3.63) is 23.5 Å². The van der Waals surface area contributed by atoms with Crippen LogP contribution in [-0.4, -0.2) is 29.8 Å². The van der Waals surface area contributed by atoms with Crippen molar-refractivity contribution >= 4 is 17.5 Å². The van der Waals surface area contributed by atoms with E-state index in [2.05, 4.69) is 34.6 Å². The molecule has 0 spiro atoms. The lowest BCUT2D eigenvalue weighted by Gasteiger charge is -2.69. The lowest BCUT2D eigenvalue weighted by Crippen LogP contribution is -2.66. The molecule has 5 nitrogen and oxygen atoms in total. The molecule has 5 aliphatic carbocycles. The molecule has 0 unspecified atom stereocenters.